The van der Waals surface area contributed by atoms with E-state index in [-0.39, 0.29) is 32.7 Å². The molecule has 0 N–H and O–H groups in total. The summed E-state index contributed by atoms with van der Waals surface area (Å²) in [6.07, 6.45) is 0. The van der Waals surface area contributed by atoms with E-state index in [9.17, 15) is 0 Å². The molecule has 0 spiro atoms. The molecule has 0 aliphatic carbocycles. The average molecular weight is 686 g/mol. The van der Waals surface area contributed by atoms with Crippen LogP contribution in [-0.4, -0.2) is 33.6 Å². The normalized spacial score (nSPS) is 13.3. The molecule has 0 aliphatic rings. The predicted molar refractivity (Wildman–Crippen MR) is 156 cm³/mol. The van der Waals surface area contributed by atoms with Gasteiger partial charge in [0.15, 0.2) is 0 Å². The standard InChI is InChI=1S/C18H28N2P2.C12H8.Au/c1-17(2,3)21(7)15-16(22(8)18(4,5)6)20-14-12-10-9-11-13(14)19-15;1-3-7-11(8-4-1)12-9-5-2-6-10-12;/h9-12H,1-8H3;1-7,9H;/q;-2;/p+2. The van der Waals surface area contributed by atoms with Gasteiger partial charge in [0.25, 0.3) is 0 Å². The van der Waals surface area contributed by atoms with E-state index in [0.29, 0.717) is 0 Å². The average Bonchev–Trinajstić information content (AvgIpc) is 2.82. The zero-order valence-electron chi connectivity index (χ0n) is 22.1. The Morgan fingerprint density at radius 1 is 0.571 bits per heavy atom. The van der Waals surface area contributed by atoms with Crippen molar-refractivity contribution in [3.05, 3.63) is 84.9 Å². The third-order valence-electron chi connectivity index (χ3n) is 6.24. The Labute approximate surface area is 230 Å². The van der Waals surface area contributed by atoms with Crippen LogP contribution in [0.2, 0.25) is 0 Å². The largest absolute Gasteiger partial charge is 0.242 e. The van der Waals surface area contributed by atoms with Crippen molar-refractivity contribution in [1.82, 2.24) is 9.97 Å². The van der Waals surface area contributed by atoms with Gasteiger partial charge < -0.3 is 0 Å². The molecule has 4 rings (SSSR count). The maximum Gasteiger partial charge on any atom is 0.242 e. The molecule has 2 nitrogen and oxygen atoms in total. The van der Waals surface area contributed by atoms with Crippen LogP contribution in [0.15, 0.2) is 72.8 Å². The van der Waals surface area contributed by atoms with Gasteiger partial charge in [-0.3, -0.25) is 0 Å². The van der Waals surface area contributed by atoms with E-state index < -0.39 is 15.8 Å². The molecule has 1 heterocycles. The molecule has 0 bridgehead atoms. The zero-order valence-corrected chi connectivity index (χ0v) is 26.3. The first kappa shape index (κ1) is 29.8. The number of rotatable bonds is 3. The Morgan fingerprint density at radius 2 is 0.914 bits per heavy atom. The van der Waals surface area contributed by atoms with Gasteiger partial charge in [-0.2, -0.15) is 48.5 Å². The molecule has 5 heteroatoms. The Bertz CT molecular complexity index is 1100. The molecule has 189 valence electrons. The monoisotopic (exact) mass is 685 g/mol. The zero-order chi connectivity index (χ0) is 24.9. The van der Waals surface area contributed by atoms with Crippen molar-refractivity contribution in [1.29, 1.82) is 0 Å². The van der Waals surface area contributed by atoms with Crippen LogP contribution < -0.4 is 10.9 Å². The number of nitrogens with zero attached hydrogens (tertiary/aromatic N) is 2. The summed E-state index contributed by atoms with van der Waals surface area (Å²) in [5, 5.41) is 0.577. The smallest absolute Gasteiger partial charge is 0.226 e. The van der Waals surface area contributed by atoms with Crippen molar-refractivity contribution in [3.63, 3.8) is 0 Å². The fraction of sp³-hybridized carbons (Fsp3) is 0.333. The summed E-state index contributed by atoms with van der Waals surface area (Å²) in [5.41, 5.74) is 6.89. The van der Waals surface area contributed by atoms with E-state index in [1.807, 2.05) is 48.5 Å². The first-order valence-corrected chi connectivity index (χ1v) is 15.9. The second kappa shape index (κ2) is 12.7. The van der Waals surface area contributed by atoms with E-state index >= 15 is 0 Å². The molecule has 35 heavy (non-hydrogen) atoms. The van der Waals surface area contributed by atoms with Crippen molar-refractivity contribution < 1.29 is 22.4 Å². The van der Waals surface area contributed by atoms with Gasteiger partial charge in [-0.05, 0) is 53.7 Å². The van der Waals surface area contributed by atoms with Crippen molar-refractivity contribution in [2.24, 2.45) is 0 Å². The van der Waals surface area contributed by atoms with Gasteiger partial charge >= 0.3 is 0 Å². The van der Waals surface area contributed by atoms with Crippen LogP contribution in [0.5, 0.6) is 0 Å². The summed E-state index contributed by atoms with van der Waals surface area (Å²) in [5.74, 6) is 0. The number of para-hydroxylation sites is 2. The van der Waals surface area contributed by atoms with E-state index in [1.165, 1.54) is 10.9 Å². The second-order valence-corrected chi connectivity index (χ2v) is 17.2. The minimum Gasteiger partial charge on any atom is -0.226 e. The van der Waals surface area contributed by atoms with Crippen LogP contribution in [0.4, 0.5) is 0 Å². The molecule has 2 atom stereocenters. The van der Waals surface area contributed by atoms with E-state index in [0.717, 1.165) is 22.2 Å². The van der Waals surface area contributed by atoms with Gasteiger partial charge in [0.1, 0.15) is 0 Å². The maximum atomic E-state index is 5.08. The van der Waals surface area contributed by atoms with Gasteiger partial charge in [0, 0.05) is 22.4 Å². The molecule has 2 unspecified atom stereocenters. The summed E-state index contributed by atoms with van der Waals surface area (Å²) in [6, 6.07) is 30.4. The minimum atomic E-state index is -0.755. The summed E-state index contributed by atoms with van der Waals surface area (Å²) >= 11 is 0. The number of benzene rings is 3. The van der Waals surface area contributed by atoms with Gasteiger partial charge in [-0.1, -0.05) is 12.1 Å². The molecule has 0 aliphatic heterocycles. The Hall–Kier alpha value is -1.40. The molecule has 0 fully saturated rings. The topological polar surface area (TPSA) is 25.8 Å². The SMILES string of the molecule is C[PH+](c1nc2ccccc2nc1[PH+](C)C(C)(C)C)C(C)(C)C.[Au].[c-]1ccccc1-c1[c-]cccc1. The molecule has 4 aromatic rings. The van der Waals surface area contributed by atoms with Crippen molar-refractivity contribution >= 4 is 37.7 Å². The number of hydrogen-bond acceptors (Lipinski definition) is 2. The van der Waals surface area contributed by atoms with Gasteiger partial charge in [0.2, 0.25) is 10.9 Å². The summed E-state index contributed by atoms with van der Waals surface area (Å²) < 4.78 is 0. The molecule has 0 saturated carbocycles. The summed E-state index contributed by atoms with van der Waals surface area (Å²) in [6.45, 7) is 18.8. The van der Waals surface area contributed by atoms with Crippen molar-refractivity contribution in [3.8, 4) is 11.1 Å². The second-order valence-electron chi connectivity index (χ2n) is 10.7. The van der Waals surface area contributed by atoms with Gasteiger partial charge in [0.05, 0.1) is 50.5 Å². The number of aromatic nitrogens is 2. The Morgan fingerprint density at radius 3 is 1.20 bits per heavy atom. The first-order valence-electron chi connectivity index (χ1n) is 11.9. The van der Waals surface area contributed by atoms with E-state index in [4.69, 9.17) is 9.97 Å². The summed E-state index contributed by atoms with van der Waals surface area (Å²) in [4.78, 5) is 10.2. The summed E-state index contributed by atoms with van der Waals surface area (Å²) in [7, 11) is -1.51. The maximum absolute atomic E-state index is 5.08. The van der Waals surface area contributed by atoms with E-state index in [1.54, 1.807) is 0 Å². The number of hydrogen-bond donors (Lipinski definition) is 0. The Balaban J connectivity index is 0.000000280. The van der Waals surface area contributed by atoms with Gasteiger partial charge in [-0.15, -0.1) is 12.1 Å². The molecule has 3 aromatic carbocycles. The molecular weight excluding hydrogens is 647 g/mol. The molecule has 1 radical (unpaired) electrons. The number of fused-ring (bicyclic) bond motifs is 1. The van der Waals surface area contributed by atoms with Crippen LogP contribution in [0.3, 0.4) is 0 Å². The van der Waals surface area contributed by atoms with Crippen LogP contribution in [0.25, 0.3) is 22.2 Å². The van der Waals surface area contributed by atoms with Crippen LogP contribution in [-0.2, 0) is 22.4 Å². The fourth-order valence-electron chi connectivity index (χ4n) is 3.36. The molecule has 0 saturated heterocycles. The Kier molecular flexibility index (Phi) is 10.8. The van der Waals surface area contributed by atoms with Crippen molar-refractivity contribution in [2.75, 3.05) is 13.3 Å². The molecular formula is C30H38AuN2P2. The first-order chi connectivity index (χ1) is 16.0. The molecule has 0 amide bonds. The minimum absolute atomic E-state index is 0. The molecule has 1 aromatic heterocycles. The quantitative estimate of drug-likeness (QED) is 0.131. The third-order valence-corrected chi connectivity index (χ3v) is 13.1. The predicted octanol–water partition coefficient (Wildman–Crippen LogP) is 7.12. The van der Waals surface area contributed by atoms with E-state index in [2.05, 4.69) is 91.3 Å². The third kappa shape index (κ3) is 8.04. The van der Waals surface area contributed by atoms with Gasteiger partial charge in [-0.25, -0.2) is 21.1 Å². The van der Waals surface area contributed by atoms with Crippen LogP contribution in [0.1, 0.15) is 41.5 Å². The van der Waals surface area contributed by atoms with Crippen LogP contribution >= 0.6 is 15.8 Å². The van der Waals surface area contributed by atoms with Crippen molar-refractivity contribution in [2.45, 2.75) is 51.9 Å². The fourth-order valence-corrected chi connectivity index (χ4v) is 7.30. The van der Waals surface area contributed by atoms with Crippen LogP contribution in [0, 0.1) is 12.1 Å².